The largest absolute Gasteiger partial charge is 0.507 e. The van der Waals surface area contributed by atoms with Crippen molar-refractivity contribution in [2.24, 2.45) is 5.92 Å². The Morgan fingerprint density at radius 3 is 2.85 bits per heavy atom. The number of benzene rings is 1. The quantitative estimate of drug-likeness (QED) is 0.881. The van der Waals surface area contributed by atoms with E-state index >= 15 is 0 Å². The third-order valence-electron chi connectivity index (χ3n) is 3.53. The molecule has 5 nitrogen and oxygen atoms in total. The van der Waals surface area contributed by atoms with Gasteiger partial charge >= 0.3 is 5.97 Å². The number of nitrogens with zero attached hydrogens (tertiary/aromatic N) is 1. The van der Waals surface area contributed by atoms with Crippen LogP contribution in [-0.4, -0.2) is 40.1 Å². The average Bonchev–Trinajstić information content (AvgIpc) is 2.87. The zero-order valence-electron chi connectivity index (χ0n) is 10.9. The number of likely N-dealkylation sites (tertiary alicyclic amines) is 1. The van der Waals surface area contributed by atoms with Crippen molar-refractivity contribution in [1.29, 1.82) is 0 Å². The van der Waals surface area contributed by atoms with E-state index in [1.165, 1.54) is 6.07 Å². The molecule has 20 heavy (non-hydrogen) atoms. The number of carbonyl (C=O) groups is 2. The number of aromatic hydroxyl groups is 1. The Kier molecular flexibility index (Phi) is 4.65. The molecule has 1 aromatic carbocycles. The van der Waals surface area contributed by atoms with E-state index in [2.05, 4.69) is 15.9 Å². The minimum atomic E-state index is -0.806. The number of aliphatic carboxylic acids is 1. The molecule has 1 amide bonds. The molecule has 1 aliphatic heterocycles. The highest BCUT2D eigenvalue weighted by Crippen LogP contribution is 2.27. The highest BCUT2D eigenvalue weighted by atomic mass is 79.9. The molecule has 1 aliphatic rings. The van der Waals surface area contributed by atoms with E-state index in [0.29, 0.717) is 19.5 Å². The minimum absolute atomic E-state index is 0.0350. The van der Waals surface area contributed by atoms with Crippen LogP contribution in [0.4, 0.5) is 0 Å². The number of carboxylic acids is 1. The highest BCUT2D eigenvalue weighted by Gasteiger charge is 2.28. The molecule has 1 fully saturated rings. The van der Waals surface area contributed by atoms with Crippen molar-refractivity contribution in [3.63, 3.8) is 0 Å². The Morgan fingerprint density at radius 1 is 1.40 bits per heavy atom. The average molecular weight is 342 g/mol. The summed E-state index contributed by atoms with van der Waals surface area (Å²) in [5.74, 6) is -0.822. The maximum atomic E-state index is 12.3. The lowest BCUT2D eigenvalue weighted by Crippen LogP contribution is -2.28. The van der Waals surface area contributed by atoms with E-state index < -0.39 is 5.97 Å². The van der Waals surface area contributed by atoms with E-state index in [-0.39, 0.29) is 29.6 Å². The summed E-state index contributed by atoms with van der Waals surface area (Å²) >= 11 is 3.28. The zero-order chi connectivity index (χ0) is 14.7. The summed E-state index contributed by atoms with van der Waals surface area (Å²) in [7, 11) is 0. The van der Waals surface area contributed by atoms with Gasteiger partial charge in [-0.2, -0.15) is 0 Å². The standard InChI is InChI=1S/C14H16BrNO4/c15-10-2-3-12(17)11(7-10)14(20)16-6-5-9(8-16)1-4-13(18)19/h2-3,7,9,17H,1,4-6,8H2,(H,18,19). The smallest absolute Gasteiger partial charge is 0.303 e. The topological polar surface area (TPSA) is 77.8 Å². The number of phenols is 1. The number of amides is 1. The Bertz CT molecular complexity index is 532. The van der Waals surface area contributed by atoms with Gasteiger partial charge in [-0.15, -0.1) is 0 Å². The molecule has 0 radical (unpaired) electrons. The minimum Gasteiger partial charge on any atom is -0.507 e. The maximum Gasteiger partial charge on any atom is 0.303 e. The molecule has 0 aromatic heterocycles. The van der Waals surface area contributed by atoms with Crippen LogP contribution in [0.25, 0.3) is 0 Å². The van der Waals surface area contributed by atoms with Crippen molar-refractivity contribution in [3.05, 3.63) is 28.2 Å². The van der Waals surface area contributed by atoms with Crippen LogP contribution in [-0.2, 0) is 4.79 Å². The fourth-order valence-electron chi connectivity index (χ4n) is 2.43. The predicted octanol–water partition coefficient (Wildman–Crippen LogP) is 2.48. The van der Waals surface area contributed by atoms with Gasteiger partial charge in [0.1, 0.15) is 5.75 Å². The number of phenolic OH excluding ortho intramolecular Hbond substituents is 1. The molecule has 0 bridgehead atoms. The molecule has 6 heteroatoms. The molecule has 0 saturated carbocycles. The molecule has 1 saturated heterocycles. The van der Waals surface area contributed by atoms with Gasteiger partial charge in [0.15, 0.2) is 0 Å². The summed E-state index contributed by atoms with van der Waals surface area (Å²) in [6, 6.07) is 4.75. The summed E-state index contributed by atoms with van der Waals surface area (Å²) in [6.07, 6.45) is 1.53. The zero-order valence-corrected chi connectivity index (χ0v) is 12.5. The van der Waals surface area contributed by atoms with Crippen LogP contribution in [0.1, 0.15) is 29.6 Å². The van der Waals surface area contributed by atoms with Crippen LogP contribution < -0.4 is 0 Å². The molecule has 1 heterocycles. The van der Waals surface area contributed by atoms with Crippen LogP contribution in [0.3, 0.4) is 0 Å². The van der Waals surface area contributed by atoms with E-state index in [4.69, 9.17) is 5.11 Å². The van der Waals surface area contributed by atoms with Gasteiger partial charge in [-0.1, -0.05) is 15.9 Å². The van der Waals surface area contributed by atoms with Gasteiger partial charge < -0.3 is 15.1 Å². The van der Waals surface area contributed by atoms with Crippen molar-refractivity contribution in [3.8, 4) is 5.75 Å². The summed E-state index contributed by atoms with van der Waals surface area (Å²) in [5, 5.41) is 18.4. The second-order valence-electron chi connectivity index (χ2n) is 5.00. The van der Waals surface area contributed by atoms with Gasteiger partial charge in [0.05, 0.1) is 5.56 Å². The Hall–Kier alpha value is -1.56. The third kappa shape index (κ3) is 3.50. The summed E-state index contributed by atoms with van der Waals surface area (Å²) in [5.41, 5.74) is 0.276. The molecule has 108 valence electrons. The molecule has 2 N–H and O–H groups in total. The molecule has 1 aromatic rings. The van der Waals surface area contributed by atoms with Crippen molar-refractivity contribution >= 4 is 27.8 Å². The number of hydrogen-bond acceptors (Lipinski definition) is 3. The fraction of sp³-hybridized carbons (Fsp3) is 0.429. The lowest BCUT2D eigenvalue weighted by Gasteiger charge is -2.17. The Morgan fingerprint density at radius 2 is 2.15 bits per heavy atom. The first-order valence-electron chi connectivity index (χ1n) is 6.47. The Balaban J connectivity index is 2.00. The monoisotopic (exact) mass is 341 g/mol. The van der Waals surface area contributed by atoms with E-state index in [1.54, 1.807) is 17.0 Å². The van der Waals surface area contributed by atoms with Crippen LogP contribution in [0.2, 0.25) is 0 Å². The molecule has 2 rings (SSSR count). The molecule has 0 aliphatic carbocycles. The lowest BCUT2D eigenvalue weighted by atomic mass is 10.0. The summed E-state index contributed by atoms with van der Waals surface area (Å²) < 4.78 is 0.736. The van der Waals surface area contributed by atoms with E-state index in [9.17, 15) is 14.7 Å². The number of carbonyl (C=O) groups excluding carboxylic acids is 1. The molecular formula is C14H16BrNO4. The molecule has 1 atom stereocenters. The second-order valence-corrected chi connectivity index (χ2v) is 5.92. The van der Waals surface area contributed by atoms with Gasteiger partial charge in [-0.3, -0.25) is 9.59 Å². The normalized spacial score (nSPS) is 18.2. The van der Waals surface area contributed by atoms with Crippen LogP contribution in [0, 0.1) is 5.92 Å². The van der Waals surface area contributed by atoms with E-state index in [1.807, 2.05) is 0 Å². The summed E-state index contributed by atoms with van der Waals surface area (Å²) in [4.78, 5) is 24.6. The SMILES string of the molecule is O=C(O)CCC1CCN(C(=O)c2cc(Br)ccc2O)C1. The molecular weight excluding hydrogens is 326 g/mol. The van der Waals surface area contributed by atoms with Crippen molar-refractivity contribution in [1.82, 2.24) is 4.90 Å². The van der Waals surface area contributed by atoms with E-state index in [0.717, 1.165) is 10.9 Å². The van der Waals surface area contributed by atoms with Crippen LogP contribution >= 0.6 is 15.9 Å². The van der Waals surface area contributed by atoms with Crippen molar-refractivity contribution in [2.75, 3.05) is 13.1 Å². The van der Waals surface area contributed by atoms with Gasteiger partial charge in [-0.25, -0.2) is 0 Å². The molecule has 1 unspecified atom stereocenters. The first-order valence-corrected chi connectivity index (χ1v) is 7.26. The first kappa shape index (κ1) is 14.8. The predicted molar refractivity (Wildman–Crippen MR) is 76.7 cm³/mol. The van der Waals surface area contributed by atoms with Crippen LogP contribution in [0.5, 0.6) is 5.75 Å². The van der Waals surface area contributed by atoms with Gasteiger partial charge in [-0.05, 0) is 37.0 Å². The molecule has 0 spiro atoms. The van der Waals surface area contributed by atoms with Gasteiger partial charge in [0.2, 0.25) is 0 Å². The third-order valence-corrected chi connectivity index (χ3v) is 4.02. The van der Waals surface area contributed by atoms with Gasteiger partial charge in [0, 0.05) is 24.0 Å². The van der Waals surface area contributed by atoms with Crippen LogP contribution in [0.15, 0.2) is 22.7 Å². The number of carboxylic acid groups (broad SMARTS) is 1. The fourth-order valence-corrected chi connectivity index (χ4v) is 2.79. The number of halogens is 1. The van der Waals surface area contributed by atoms with Gasteiger partial charge in [0.25, 0.3) is 5.91 Å². The second kappa shape index (κ2) is 6.26. The summed E-state index contributed by atoms with van der Waals surface area (Å²) in [6.45, 7) is 1.16. The number of rotatable bonds is 4. The first-order chi connectivity index (χ1) is 9.47. The number of hydrogen-bond donors (Lipinski definition) is 2. The maximum absolute atomic E-state index is 12.3. The Labute approximate surface area is 125 Å². The van der Waals surface area contributed by atoms with Crippen molar-refractivity contribution < 1.29 is 19.8 Å². The van der Waals surface area contributed by atoms with Crippen molar-refractivity contribution in [2.45, 2.75) is 19.3 Å². The lowest BCUT2D eigenvalue weighted by molar-refractivity contribution is -0.137. The highest BCUT2D eigenvalue weighted by molar-refractivity contribution is 9.10.